The molecule has 1 unspecified atom stereocenters. The van der Waals surface area contributed by atoms with Crippen molar-refractivity contribution in [3.05, 3.63) is 196 Å². The van der Waals surface area contributed by atoms with Crippen LogP contribution in [0.4, 0.5) is 5.69 Å². The molecule has 5 aromatic carbocycles. The highest BCUT2D eigenvalue weighted by Gasteiger charge is 2.27. The van der Waals surface area contributed by atoms with Gasteiger partial charge < -0.3 is 25.8 Å². The summed E-state index contributed by atoms with van der Waals surface area (Å²) in [5.74, 6) is -0.266. The van der Waals surface area contributed by atoms with Crippen molar-refractivity contribution >= 4 is 35.0 Å². The fourth-order valence-electron chi connectivity index (χ4n) is 8.25. The van der Waals surface area contributed by atoms with E-state index in [0.29, 0.717) is 23.9 Å². The number of anilines is 1. The molecule has 0 aliphatic carbocycles. The highest BCUT2D eigenvalue weighted by atomic mass is 32.1. The predicted molar refractivity (Wildman–Crippen MR) is 251 cm³/mol. The van der Waals surface area contributed by atoms with Crippen LogP contribution in [-0.4, -0.2) is 54.7 Å². The van der Waals surface area contributed by atoms with Crippen molar-refractivity contribution in [1.29, 1.82) is 0 Å². The number of hydrogen-bond acceptors (Lipinski definition) is 8. The Morgan fingerprint density at radius 3 is 2.23 bits per heavy atom. The summed E-state index contributed by atoms with van der Waals surface area (Å²) in [6.45, 7) is 9.44. The largest absolute Gasteiger partial charge is 0.506 e. The highest BCUT2D eigenvalue weighted by Crippen LogP contribution is 2.36. The SMILES string of the molecule is C=C1C=Cc2c(CCNCCc3ccc(CNC(=O)c4ccc(-c5ccc(C(C(=O)OCC6CCN(Cc7ccccc7)CC6)c6ccccc6)cc5)s4)cc3)ccc(O)c2N1. The number of nitrogens with zero attached hydrogens (tertiary/aromatic N) is 1. The summed E-state index contributed by atoms with van der Waals surface area (Å²) in [4.78, 5) is 31.1. The Labute approximate surface area is 369 Å². The van der Waals surface area contributed by atoms with Crippen molar-refractivity contribution in [2.75, 3.05) is 38.1 Å². The molecule has 4 N–H and O–H groups in total. The summed E-state index contributed by atoms with van der Waals surface area (Å²) >= 11 is 1.46. The minimum absolute atomic E-state index is 0.106. The molecule has 8 rings (SSSR count). The lowest BCUT2D eigenvalue weighted by atomic mass is 9.90. The minimum Gasteiger partial charge on any atom is -0.506 e. The molecule has 1 saturated heterocycles. The van der Waals surface area contributed by atoms with Crippen molar-refractivity contribution in [3.63, 3.8) is 0 Å². The van der Waals surface area contributed by atoms with Crippen LogP contribution in [0.1, 0.15) is 67.4 Å². The van der Waals surface area contributed by atoms with Gasteiger partial charge >= 0.3 is 5.97 Å². The molecule has 1 fully saturated rings. The number of hydrogen-bond donors (Lipinski definition) is 4. The smallest absolute Gasteiger partial charge is 0.317 e. The Hall–Kier alpha value is -6.26. The third kappa shape index (κ3) is 11.0. The fraction of sp³-hybridized carbons (Fsp3) is 0.245. The van der Waals surface area contributed by atoms with E-state index in [2.05, 4.69) is 82.0 Å². The van der Waals surface area contributed by atoms with Crippen LogP contribution >= 0.6 is 11.3 Å². The van der Waals surface area contributed by atoms with Crippen molar-refractivity contribution < 1.29 is 19.4 Å². The molecule has 3 heterocycles. The minimum atomic E-state index is -0.523. The normalized spacial score (nSPS) is 14.5. The number of amides is 1. The third-order valence-electron chi connectivity index (χ3n) is 11.8. The Bertz CT molecular complexity index is 2470. The van der Waals surface area contributed by atoms with Gasteiger partial charge in [0.15, 0.2) is 0 Å². The Balaban J connectivity index is 0.789. The Morgan fingerprint density at radius 2 is 1.47 bits per heavy atom. The van der Waals surface area contributed by atoms with E-state index in [0.717, 1.165) is 102 Å². The standard InChI is InChI=1S/C53H54N4O4S/c1-37-12-22-46-42(21-23-47(58)51(46)56-37)27-31-54-30-26-38-13-15-39(16-14-38)34-55-52(59)49-25-24-48(62-49)43-17-19-45(20-18-43)50(44-10-6-3-7-11-44)53(60)61-36-41-28-32-57(33-29-41)35-40-8-4-2-5-9-40/h2-25,41,50,54,56,58H,1,26-36H2,(H,55,59). The predicted octanol–water partition coefficient (Wildman–Crippen LogP) is 9.97. The molecular weight excluding hydrogens is 789 g/mol. The monoisotopic (exact) mass is 842 g/mol. The van der Waals surface area contributed by atoms with E-state index >= 15 is 0 Å². The number of carbonyl (C=O) groups is 2. The molecule has 9 heteroatoms. The average molecular weight is 843 g/mol. The number of rotatable bonds is 17. The third-order valence-corrected chi connectivity index (χ3v) is 13.0. The maximum Gasteiger partial charge on any atom is 0.317 e. The van der Waals surface area contributed by atoms with Crippen LogP contribution in [0.3, 0.4) is 0 Å². The summed E-state index contributed by atoms with van der Waals surface area (Å²) in [5.41, 5.74) is 10.0. The number of aromatic hydroxyl groups is 1. The molecule has 0 spiro atoms. The Morgan fingerprint density at radius 1 is 0.774 bits per heavy atom. The second kappa shape index (κ2) is 20.5. The molecular formula is C53H54N4O4S. The van der Waals surface area contributed by atoms with Crippen molar-refractivity contribution in [3.8, 4) is 16.2 Å². The maximum atomic E-state index is 13.8. The van der Waals surface area contributed by atoms with E-state index in [4.69, 9.17) is 4.74 Å². The highest BCUT2D eigenvalue weighted by molar-refractivity contribution is 7.17. The summed E-state index contributed by atoms with van der Waals surface area (Å²) in [6.07, 6.45) is 7.70. The van der Waals surface area contributed by atoms with Crippen LogP contribution in [-0.2, 0) is 35.5 Å². The summed E-state index contributed by atoms with van der Waals surface area (Å²) in [5, 5.41) is 20.0. The number of phenolic OH excluding ortho intramolecular Hbond substituents is 1. The van der Waals surface area contributed by atoms with E-state index in [9.17, 15) is 14.7 Å². The zero-order valence-electron chi connectivity index (χ0n) is 35.0. The quantitative estimate of drug-likeness (QED) is 0.0412. The number of allylic oxidation sites excluding steroid dienone is 1. The van der Waals surface area contributed by atoms with E-state index in [-0.39, 0.29) is 17.6 Å². The fourth-order valence-corrected chi connectivity index (χ4v) is 9.18. The summed E-state index contributed by atoms with van der Waals surface area (Å²) < 4.78 is 6.05. The first-order valence-electron chi connectivity index (χ1n) is 21.6. The molecule has 0 radical (unpaired) electrons. The van der Waals surface area contributed by atoms with Crippen LogP contribution in [0.25, 0.3) is 16.5 Å². The van der Waals surface area contributed by atoms with Gasteiger partial charge in [0.25, 0.3) is 5.91 Å². The van der Waals surface area contributed by atoms with Gasteiger partial charge in [0.05, 0.1) is 17.2 Å². The van der Waals surface area contributed by atoms with E-state index in [1.807, 2.05) is 84.9 Å². The number of thiophene rings is 1. The van der Waals surface area contributed by atoms with E-state index in [1.54, 1.807) is 6.07 Å². The van der Waals surface area contributed by atoms with Gasteiger partial charge in [-0.25, -0.2) is 0 Å². The number of ether oxygens (including phenoxy) is 1. The second-order valence-corrected chi connectivity index (χ2v) is 17.3. The van der Waals surface area contributed by atoms with Gasteiger partial charge in [-0.05, 0) is 121 Å². The number of piperidine rings is 1. The average Bonchev–Trinajstić information content (AvgIpc) is 3.81. The van der Waals surface area contributed by atoms with Crippen LogP contribution in [0.15, 0.2) is 152 Å². The summed E-state index contributed by atoms with van der Waals surface area (Å²) in [6, 6.07) is 44.5. The molecule has 2 aliphatic heterocycles. The Kier molecular flexibility index (Phi) is 14.1. The van der Waals surface area contributed by atoms with Crippen molar-refractivity contribution in [2.45, 2.75) is 44.7 Å². The molecule has 0 bridgehead atoms. The zero-order valence-corrected chi connectivity index (χ0v) is 35.8. The lowest BCUT2D eigenvalue weighted by Crippen LogP contribution is -2.35. The topological polar surface area (TPSA) is 103 Å². The molecule has 316 valence electrons. The molecule has 0 saturated carbocycles. The van der Waals surface area contributed by atoms with E-state index < -0.39 is 5.92 Å². The van der Waals surface area contributed by atoms with Gasteiger partial charge in [0.2, 0.25) is 0 Å². The first-order valence-corrected chi connectivity index (χ1v) is 22.4. The van der Waals surface area contributed by atoms with Gasteiger partial charge in [-0.1, -0.05) is 128 Å². The number of phenols is 1. The van der Waals surface area contributed by atoms with Crippen molar-refractivity contribution in [2.24, 2.45) is 5.92 Å². The van der Waals surface area contributed by atoms with E-state index in [1.165, 1.54) is 28.0 Å². The number of nitrogens with one attached hydrogen (secondary N) is 3. The van der Waals surface area contributed by atoms with Crippen LogP contribution in [0.2, 0.25) is 0 Å². The zero-order chi connectivity index (χ0) is 42.7. The molecule has 1 atom stereocenters. The molecule has 2 aliphatic rings. The maximum absolute atomic E-state index is 13.8. The number of likely N-dealkylation sites (tertiary alicyclic amines) is 1. The first kappa shape index (κ1) is 42.4. The number of benzene rings is 5. The van der Waals surface area contributed by atoms with Crippen LogP contribution in [0, 0.1) is 5.92 Å². The van der Waals surface area contributed by atoms with Gasteiger partial charge in [-0.15, -0.1) is 11.3 Å². The summed E-state index contributed by atoms with van der Waals surface area (Å²) in [7, 11) is 0. The lowest BCUT2D eigenvalue weighted by molar-refractivity contribution is -0.146. The van der Waals surface area contributed by atoms with Gasteiger partial charge in [0, 0.05) is 29.2 Å². The molecule has 62 heavy (non-hydrogen) atoms. The first-order chi connectivity index (χ1) is 30.4. The van der Waals surface area contributed by atoms with Gasteiger partial charge in [0.1, 0.15) is 11.7 Å². The molecule has 1 amide bonds. The van der Waals surface area contributed by atoms with Gasteiger partial charge in [-0.2, -0.15) is 0 Å². The van der Waals surface area contributed by atoms with Crippen LogP contribution in [0.5, 0.6) is 5.75 Å². The van der Waals surface area contributed by atoms with Gasteiger partial charge in [-0.3, -0.25) is 14.5 Å². The number of esters is 1. The molecule has 1 aromatic heterocycles. The number of carbonyl (C=O) groups excluding carboxylic acids is 2. The number of fused-ring (bicyclic) bond motifs is 1. The second-order valence-electron chi connectivity index (χ2n) is 16.2. The van der Waals surface area contributed by atoms with Crippen LogP contribution < -0.4 is 16.0 Å². The lowest BCUT2D eigenvalue weighted by Gasteiger charge is -2.32. The molecule has 6 aromatic rings. The van der Waals surface area contributed by atoms with Crippen molar-refractivity contribution in [1.82, 2.24) is 15.5 Å². The molecule has 8 nitrogen and oxygen atoms in total.